The second kappa shape index (κ2) is 6.95. The Balaban J connectivity index is 1.70. The van der Waals surface area contributed by atoms with Crippen LogP contribution in [0.5, 0.6) is 5.75 Å². The van der Waals surface area contributed by atoms with E-state index in [1.165, 1.54) is 0 Å². The molecule has 134 valence electrons. The molecule has 3 aromatic carbocycles. The summed E-state index contributed by atoms with van der Waals surface area (Å²) in [6.45, 7) is 0.510. The second-order valence-electron chi connectivity index (χ2n) is 6.12. The molecule has 1 aliphatic rings. The molecule has 4 nitrogen and oxygen atoms in total. The second-order valence-corrected chi connectivity index (χ2v) is 9.20. The van der Waals surface area contributed by atoms with Crippen molar-refractivity contribution in [2.75, 3.05) is 19.4 Å². The van der Waals surface area contributed by atoms with E-state index in [1.807, 2.05) is 54.6 Å². The average Bonchev–Trinajstić information content (AvgIpc) is 3.18. The highest BCUT2D eigenvalue weighted by Gasteiger charge is 2.36. The summed E-state index contributed by atoms with van der Waals surface area (Å²) in [7, 11) is -1.94. The first kappa shape index (κ1) is 17.4. The molecule has 6 heteroatoms. The first-order chi connectivity index (χ1) is 12.6. The van der Waals surface area contributed by atoms with Gasteiger partial charge in [-0.25, -0.2) is 8.42 Å². The molecule has 1 fully saturated rings. The van der Waals surface area contributed by atoms with Crippen molar-refractivity contribution in [3.8, 4) is 5.75 Å². The van der Waals surface area contributed by atoms with E-state index < -0.39 is 10.0 Å². The fourth-order valence-electron chi connectivity index (χ4n) is 3.20. The van der Waals surface area contributed by atoms with Crippen LogP contribution in [0.25, 0.3) is 10.8 Å². The summed E-state index contributed by atoms with van der Waals surface area (Å²) in [6.07, 6.45) is 0. The Kier molecular flexibility index (Phi) is 4.65. The van der Waals surface area contributed by atoms with Crippen molar-refractivity contribution in [2.45, 2.75) is 10.3 Å². The van der Waals surface area contributed by atoms with Crippen LogP contribution < -0.4 is 4.74 Å². The molecule has 0 aliphatic carbocycles. The van der Waals surface area contributed by atoms with Gasteiger partial charge in [-0.3, -0.25) is 0 Å². The molecule has 0 saturated carbocycles. The van der Waals surface area contributed by atoms with E-state index in [1.54, 1.807) is 35.3 Å². The summed E-state index contributed by atoms with van der Waals surface area (Å²) >= 11 is 1.65. The molecule has 1 unspecified atom stereocenters. The fourth-order valence-corrected chi connectivity index (χ4v) is 6.47. The summed E-state index contributed by atoms with van der Waals surface area (Å²) in [6, 6.07) is 20.7. The van der Waals surface area contributed by atoms with Gasteiger partial charge in [-0.05, 0) is 40.6 Å². The van der Waals surface area contributed by atoms with Crippen LogP contribution in [0.3, 0.4) is 0 Å². The Hall–Kier alpha value is -2.02. The highest BCUT2D eigenvalue weighted by Crippen LogP contribution is 2.42. The summed E-state index contributed by atoms with van der Waals surface area (Å²) in [5.41, 5.74) is 0.970. The average molecular weight is 386 g/mol. The van der Waals surface area contributed by atoms with Crippen LogP contribution >= 0.6 is 11.8 Å². The number of methoxy groups -OCH3 is 1. The molecule has 26 heavy (non-hydrogen) atoms. The number of rotatable bonds is 4. The van der Waals surface area contributed by atoms with Crippen molar-refractivity contribution in [1.82, 2.24) is 4.31 Å². The number of hydrogen-bond acceptors (Lipinski definition) is 4. The van der Waals surface area contributed by atoms with Crippen molar-refractivity contribution in [2.24, 2.45) is 0 Å². The lowest BCUT2D eigenvalue weighted by molar-refractivity contribution is 0.413. The van der Waals surface area contributed by atoms with E-state index in [0.29, 0.717) is 11.4 Å². The van der Waals surface area contributed by atoms with Gasteiger partial charge in [0.25, 0.3) is 0 Å². The van der Waals surface area contributed by atoms with Gasteiger partial charge in [0, 0.05) is 12.3 Å². The van der Waals surface area contributed by atoms with Crippen molar-refractivity contribution < 1.29 is 13.2 Å². The quantitative estimate of drug-likeness (QED) is 0.672. The van der Waals surface area contributed by atoms with Crippen LogP contribution in [0.2, 0.25) is 0 Å². The van der Waals surface area contributed by atoms with Crippen molar-refractivity contribution in [1.29, 1.82) is 0 Å². The largest absolute Gasteiger partial charge is 0.497 e. The molecule has 0 spiro atoms. The number of thioether (sulfide) groups is 1. The van der Waals surface area contributed by atoms with Gasteiger partial charge in [-0.15, -0.1) is 11.8 Å². The van der Waals surface area contributed by atoms with E-state index in [9.17, 15) is 8.42 Å². The Morgan fingerprint density at radius 1 is 1.00 bits per heavy atom. The number of nitrogens with zero attached hydrogens (tertiary/aromatic N) is 1. The van der Waals surface area contributed by atoms with E-state index in [0.717, 1.165) is 27.8 Å². The van der Waals surface area contributed by atoms with Crippen LogP contribution in [-0.2, 0) is 10.0 Å². The standard InChI is InChI=1S/C20H19NO3S2/c1-24-18-9-6-16(7-10-18)20-21(12-13-25-20)26(22,23)19-11-8-15-4-2-3-5-17(15)14-19/h2-11,14,20H,12-13H2,1H3. The smallest absolute Gasteiger partial charge is 0.244 e. The summed E-state index contributed by atoms with van der Waals surface area (Å²) in [5.74, 6) is 1.55. The van der Waals surface area contributed by atoms with E-state index in [4.69, 9.17) is 4.74 Å². The maximum atomic E-state index is 13.3. The van der Waals surface area contributed by atoms with Crippen LogP contribution in [0.15, 0.2) is 71.6 Å². The Morgan fingerprint density at radius 2 is 1.73 bits per heavy atom. The predicted molar refractivity (Wildman–Crippen MR) is 106 cm³/mol. The molecule has 1 aliphatic heterocycles. The highest BCUT2D eigenvalue weighted by molar-refractivity contribution is 8.01. The molecule has 0 amide bonds. The fraction of sp³-hybridized carbons (Fsp3) is 0.200. The topological polar surface area (TPSA) is 46.6 Å². The van der Waals surface area contributed by atoms with Crippen LogP contribution in [0, 0.1) is 0 Å². The zero-order valence-electron chi connectivity index (χ0n) is 14.3. The first-order valence-corrected chi connectivity index (χ1v) is 10.8. The van der Waals surface area contributed by atoms with Crippen molar-refractivity contribution >= 4 is 32.6 Å². The van der Waals surface area contributed by atoms with Crippen molar-refractivity contribution in [3.63, 3.8) is 0 Å². The first-order valence-electron chi connectivity index (χ1n) is 8.36. The molecule has 0 N–H and O–H groups in total. The van der Waals surface area contributed by atoms with Gasteiger partial charge in [0.05, 0.1) is 17.4 Å². The Labute approximate surface area is 157 Å². The number of ether oxygens (including phenoxy) is 1. The monoisotopic (exact) mass is 385 g/mol. The van der Waals surface area contributed by atoms with E-state index >= 15 is 0 Å². The number of fused-ring (bicyclic) bond motifs is 1. The zero-order valence-corrected chi connectivity index (χ0v) is 16.0. The van der Waals surface area contributed by atoms with Gasteiger partial charge in [0.2, 0.25) is 10.0 Å². The molecule has 1 heterocycles. The van der Waals surface area contributed by atoms with E-state index in [2.05, 4.69) is 0 Å². The third-order valence-corrected chi connectivity index (χ3v) is 7.83. The lowest BCUT2D eigenvalue weighted by atomic mass is 10.1. The van der Waals surface area contributed by atoms with Gasteiger partial charge in [0.1, 0.15) is 5.75 Å². The number of hydrogen-bond donors (Lipinski definition) is 0. The third-order valence-electron chi connectivity index (χ3n) is 4.58. The Morgan fingerprint density at radius 3 is 2.46 bits per heavy atom. The van der Waals surface area contributed by atoms with Gasteiger partial charge < -0.3 is 4.74 Å². The molecule has 3 aromatic rings. The minimum Gasteiger partial charge on any atom is -0.497 e. The number of sulfonamides is 1. The van der Waals surface area contributed by atoms with Crippen LogP contribution in [-0.4, -0.2) is 32.1 Å². The SMILES string of the molecule is COc1ccc(C2SCCN2S(=O)(=O)c2ccc3ccccc3c2)cc1. The molecule has 0 bridgehead atoms. The van der Waals surface area contributed by atoms with Crippen LogP contribution in [0.4, 0.5) is 0 Å². The van der Waals surface area contributed by atoms with E-state index in [-0.39, 0.29) is 5.37 Å². The number of benzene rings is 3. The lowest BCUT2D eigenvalue weighted by Gasteiger charge is -2.24. The molecule has 4 rings (SSSR count). The third kappa shape index (κ3) is 3.09. The zero-order chi connectivity index (χ0) is 18.1. The maximum absolute atomic E-state index is 13.3. The Bertz CT molecular complexity index is 1030. The normalized spacial score (nSPS) is 18.3. The van der Waals surface area contributed by atoms with Crippen LogP contribution in [0.1, 0.15) is 10.9 Å². The summed E-state index contributed by atoms with van der Waals surface area (Å²) in [4.78, 5) is 0.345. The minimum atomic E-state index is -3.56. The summed E-state index contributed by atoms with van der Waals surface area (Å²) < 4.78 is 33.3. The molecular weight excluding hydrogens is 366 g/mol. The molecule has 1 saturated heterocycles. The van der Waals surface area contributed by atoms with Gasteiger partial charge >= 0.3 is 0 Å². The minimum absolute atomic E-state index is 0.211. The maximum Gasteiger partial charge on any atom is 0.244 e. The molecule has 0 radical (unpaired) electrons. The molecule has 0 aromatic heterocycles. The van der Waals surface area contributed by atoms with Gasteiger partial charge in [-0.2, -0.15) is 4.31 Å². The predicted octanol–water partition coefficient (Wildman–Crippen LogP) is 4.28. The molecular formula is C20H19NO3S2. The highest BCUT2D eigenvalue weighted by atomic mass is 32.2. The molecule has 1 atom stereocenters. The van der Waals surface area contributed by atoms with Gasteiger partial charge in [0.15, 0.2) is 0 Å². The lowest BCUT2D eigenvalue weighted by Crippen LogP contribution is -2.30. The van der Waals surface area contributed by atoms with Crippen molar-refractivity contribution in [3.05, 3.63) is 72.3 Å². The summed E-state index contributed by atoms with van der Waals surface area (Å²) in [5, 5.41) is 1.76. The van der Waals surface area contributed by atoms with Gasteiger partial charge in [-0.1, -0.05) is 42.5 Å².